The fourth-order valence-corrected chi connectivity index (χ4v) is 3.27. The molecule has 25 heavy (non-hydrogen) atoms. The maximum atomic E-state index is 12.5. The van der Waals surface area contributed by atoms with Crippen molar-refractivity contribution in [1.29, 1.82) is 0 Å². The topological polar surface area (TPSA) is 52.5 Å². The van der Waals surface area contributed by atoms with Gasteiger partial charge < -0.3 is 19.4 Å². The zero-order valence-corrected chi connectivity index (χ0v) is 14.5. The average molecular weight is 357 g/mol. The van der Waals surface area contributed by atoms with Gasteiger partial charge in [-0.05, 0) is 42.3 Å². The quantitative estimate of drug-likeness (QED) is 0.778. The molecule has 0 bridgehead atoms. The van der Waals surface area contributed by atoms with Crippen LogP contribution in [-0.4, -0.2) is 23.8 Å². The third-order valence-electron chi connectivity index (χ3n) is 4.40. The van der Waals surface area contributed by atoms with E-state index in [2.05, 4.69) is 5.32 Å². The van der Waals surface area contributed by atoms with Crippen LogP contribution in [0.4, 0.5) is 0 Å². The van der Waals surface area contributed by atoms with Gasteiger partial charge in [0, 0.05) is 29.5 Å². The lowest BCUT2D eigenvalue weighted by Crippen LogP contribution is -2.27. The first kappa shape index (κ1) is 15.8. The van der Waals surface area contributed by atoms with Crippen LogP contribution in [0.1, 0.15) is 16.1 Å². The highest BCUT2D eigenvalue weighted by molar-refractivity contribution is 6.35. The first-order chi connectivity index (χ1) is 12.1. The molecule has 0 aliphatic carbocycles. The lowest BCUT2D eigenvalue weighted by Gasteiger charge is -2.07. The predicted octanol–water partition coefficient (Wildman–Crippen LogP) is 3.53. The summed E-state index contributed by atoms with van der Waals surface area (Å²) in [5.74, 6) is 1.41. The SMILES string of the molecule is Cn1c(C(=O)NCCc2ccc3c(c2)OCO3)cc2c(Cl)cccc21. The van der Waals surface area contributed by atoms with Crippen LogP contribution >= 0.6 is 11.6 Å². The van der Waals surface area contributed by atoms with Crippen LogP contribution in [0.25, 0.3) is 10.9 Å². The number of nitrogens with zero attached hydrogens (tertiary/aromatic N) is 1. The Labute approximate surface area is 150 Å². The third-order valence-corrected chi connectivity index (χ3v) is 4.73. The Bertz CT molecular complexity index is 965. The number of hydrogen-bond donors (Lipinski definition) is 1. The number of aromatic nitrogens is 1. The molecule has 4 rings (SSSR count). The number of rotatable bonds is 4. The van der Waals surface area contributed by atoms with Gasteiger partial charge in [0.1, 0.15) is 5.69 Å². The third kappa shape index (κ3) is 2.91. The van der Waals surface area contributed by atoms with Crippen LogP contribution in [0.5, 0.6) is 11.5 Å². The number of ether oxygens (including phenoxy) is 2. The zero-order chi connectivity index (χ0) is 17.4. The van der Waals surface area contributed by atoms with E-state index in [4.69, 9.17) is 21.1 Å². The number of carbonyl (C=O) groups excluding carboxylic acids is 1. The van der Waals surface area contributed by atoms with E-state index in [1.807, 2.05) is 54.1 Å². The van der Waals surface area contributed by atoms with Crippen molar-refractivity contribution in [3.63, 3.8) is 0 Å². The van der Waals surface area contributed by atoms with E-state index in [9.17, 15) is 4.79 Å². The molecule has 2 aromatic carbocycles. The smallest absolute Gasteiger partial charge is 0.267 e. The fourth-order valence-electron chi connectivity index (χ4n) is 3.05. The van der Waals surface area contributed by atoms with E-state index in [-0.39, 0.29) is 12.7 Å². The van der Waals surface area contributed by atoms with E-state index < -0.39 is 0 Å². The number of fused-ring (bicyclic) bond motifs is 2. The average Bonchev–Trinajstić information content (AvgIpc) is 3.20. The van der Waals surface area contributed by atoms with Gasteiger partial charge in [-0.25, -0.2) is 0 Å². The first-order valence-corrected chi connectivity index (χ1v) is 8.42. The Hall–Kier alpha value is -2.66. The molecule has 0 unspecified atom stereocenters. The van der Waals surface area contributed by atoms with Gasteiger partial charge in [0.15, 0.2) is 11.5 Å². The zero-order valence-electron chi connectivity index (χ0n) is 13.7. The normalized spacial score (nSPS) is 12.6. The molecule has 1 aromatic heterocycles. The lowest BCUT2D eigenvalue weighted by atomic mass is 10.1. The minimum absolute atomic E-state index is 0.115. The lowest BCUT2D eigenvalue weighted by molar-refractivity contribution is 0.0946. The number of amides is 1. The number of hydrogen-bond acceptors (Lipinski definition) is 3. The molecule has 0 saturated heterocycles. The molecule has 0 saturated carbocycles. The molecule has 6 heteroatoms. The van der Waals surface area contributed by atoms with Crippen molar-refractivity contribution >= 4 is 28.4 Å². The van der Waals surface area contributed by atoms with Crippen molar-refractivity contribution < 1.29 is 14.3 Å². The molecule has 0 spiro atoms. The molecule has 0 fully saturated rings. The van der Waals surface area contributed by atoms with Gasteiger partial charge >= 0.3 is 0 Å². The van der Waals surface area contributed by atoms with Crippen molar-refractivity contribution in [2.45, 2.75) is 6.42 Å². The summed E-state index contributed by atoms with van der Waals surface area (Å²) in [5.41, 5.74) is 2.62. The van der Waals surface area contributed by atoms with E-state index >= 15 is 0 Å². The van der Waals surface area contributed by atoms with Crippen molar-refractivity contribution in [3.05, 3.63) is 58.7 Å². The molecule has 128 valence electrons. The van der Waals surface area contributed by atoms with Gasteiger partial charge in [0.2, 0.25) is 6.79 Å². The van der Waals surface area contributed by atoms with Crippen LogP contribution in [0.15, 0.2) is 42.5 Å². The molecule has 0 atom stereocenters. The molecular weight excluding hydrogens is 340 g/mol. The highest BCUT2D eigenvalue weighted by Crippen LogP contribution is 2.32. The maximum absolute atomic E-state index is 12.5. The van der Waals surface area contributed by atoms with Gasteiger partial charge in [-0.15, -0.1) is 0 Å². The second kappa shape index (κ2) is 6.33. The standard InChI is InChI=1S/C19H17ClN2O3/c1-22-15-4-2-3-14(20)13(15)10-16(22)19(23)21-8-7-12-5-6-17-18(9-12)25-11-24-17/h2-6,9-10H,7-8,11H2,1H3,(H,21,23). The number of carbonyl (C=O) groups is 1. The summed E-state index contributed by atoms with van der Waals surface area (Å²) in [6.07, 6.45) is 0.715. The minimum atomic E-state index is -0.115. The van der Waals surface area contributed by atoms with Crippen molar-refractivity contribution in [2.24, 2.45) is 7.05 Å². The molecule has 1 amide bonds. The van der Waals surface area contributed by atoms with Gasteiger partial charge in [-0.3, -0.25) is 4.79 Å². The van der Waals surface area contributed by atoms with Crippen molar-refractivity contribution in [1.82, 2.24) is 9.88 Å². The van der Waals surface area contributed by atoms with Gasteiger partial charge in [0.05, 0.1) is 0 Å². The summed E-state index contributed by atoms with van der Waals surface area (Å²) in [7, 11) is 1.87. The van der Waals surface area contributed by atoms with Crippen LogP contribution < -0.4 is 14.8 Å². The second-order valence-electron chi connectivity index (χ2n) is 5.95. The summed E-state index contributed by atoms with van der Waals surface area (Å²) < 4.78 is 12.5. The predicted molar refractivity (Wildman–Crippen MR) is 96.5 cm³/mol. The summed E-state index contributed by atoms with van der Waals surface area (Å²) in [4.78, 5) is 12.5. The summed E-state index contributed by atoms with van der Waals surface area (Å²) in [6.45, 7) is 0.798. The highest BCUT2D eigenvalue weighted by atomic mass is 35.5. The van der Waals surface area contributed by atoms with Crippen LogP contribution in [0.2, 0.25) is 5.02 Å². The maximum Gasteiger partial charge on any atom is 0.267 e. The Morgan fingerprint density at radius 2 is 2.04 bits per heavy atom. The number of halogens is 1. The molecular formula is C19H17ClN2O3. The molecule has 0 radical (unpaired) electrons. The Balaban J connectivity index is 1.44. The summed E-state index contributed by atoms with van der Waals surface area (Å²) >= 11 is 6.21. The van der Waals surface area contributed by atoms with E-state index in [1.54, 1.807) is 0 Å². The molecule has 3 aromatic rings. The van der Waals surface area contributed by atoms with Crippen LogP contribution in [-0.2, 0) is 13.5 Å². The fraction of sp³-hybridized carbons (Fsp3) is 0.211. The first-order valence-electron chi connectivity index (χ1n) is 8.04. The molecule has 1 aliphatic heterocycles. The van der Waals surface area contributed by atoms with Gasteiger partial charge in [0.25, 0.3) is 5.91 Å². The Morgan fingerprint density at radius 3 is 2.88 bits per heavy atom. The van der Waals surface area contributed by atoms with E-state index in [0.717, 1.165) is 28.0 Å². The van der Waals surface area contributed by atoms with Gasteiger partial charge in [-0.2, -0.15) is 0 Å². The Kier molecular flexibility index (Phi) is 4.01. The highest BCUT2D eigenvalue weighted by Gasteiger charge is 2.15. The molecule has 1 aliphatic rings. The molecule has 1 N–H and O–H groups in total. The molecule has 2 heterocycles. The van der Waals surface area contributed by atoms with Crippen molar-refractivity contribution in [3.8, 4) is 11.5 Å². The molecule has 5 nitrogen and oxygen atoms in total. The van der Waals surface area contributed by atoms with Crippen LogP contribution in [0, 0.1) is 0 Å². The van der Waals surface area contributed by atoms with E-state index in [0.29, 0.717) is 23.7 Å². The largest absolute Gasteiger partial charge is 0.454 e. The summed E-state index contributed by atoms with van der Waals surface area (Å²) in [6, 6.07) is 13.3. The number of nitrogens with one attached hydrogen (secondary N) is 1. The monoisotopic (exact) mass is 356 g/mol. The second-order valence-corrected chi connectivity index (χ2v) is 6.36. The van der Waals surface area contributed by atoms with E-state index in [1.165, 1.54) is 0 Å². The van der Waals surface area contributed by atoms with Gasteiger partial charge in [-0.1, -0.05) is 23.7 Å². The minimum Gasteiger partial charge on any atom is -0.454 e. The van der Waals surface area contributed by atoms with Crippen molar-refractivity contribution in [2.75, 3.05) is 13.3 Å². The van der Waals surface area contributed by atoms with Crippen LogP contribution in [0.3, 0.4) is 0 Å². The Morgan fingerprint density at radius 1 is 1.20 bits per heavy atom. The number of benzene rings is 2. The summed E-state index contributed by atoms with van der Waals surface area (Å²) in [5, 5.41) is 4.49. The number of aryl methyl sites for hydroxylation is 1.